The Morgan fingerprint density at radius 2 is 2.06 bits per heavy atom. The molecule has 1 aromatic carbocycles. The Labute approximate surface area is 109 Å². The van der Waals surface area contributed by atoms with E-state index in [4.69, 9.17) is 0 Å². The highest BCUT2D eigenvalue weighted by Crippen LogP contribution is 2.16. The van der Waals surface area contributed by atoms with Crippen LogP contribution in [0.4, 0.5) is 0 Å². The van der Waals surface area contributed by atoms with Crippen molar-refractivity contribution in [3.8, 4) is 0 Å². The van der Waals surface area contributed by atoms with Crippen LogP contribution in [0.25, 0.3) is 0 Å². The maximum absolute atomic E-state index is 4.54. The van der Waals surface area contributed by atoms with Gasteiger partial charge < -0.3 is 10.2 Å². The third kappa shape index (κ3) is 3.13. The molecule has 0 radical (unpaired) electrons. The molecule has 2 rings (SSSR count). The molecule has 1 N–H and O–H groups in total. The van der Waals surface area contributed by atoms with Gasteiger partial charge in [-0.1, -0.05) is 37.3 Å². The van der Waals surface area contributed by atoms with Crippen molar-refractivity contribution < 1.29 is 0 Å². The molecule has 1 aliphatic heterocycles. The first-order valence-electron chi connectivity index (χ1n) is 6.61. The molecule has 1 aromatic rings. The summed E-state index contributed by atoms with van der Waals surface area (Å²) < 4.78 is 0. The average Bonchev–Trinajstić information content (AvgIpc) is 2.46. The van der Waals surface area contributed by atoms with Gasteiger partial charge in [-0.3, -0.25) is 0 Å². The molecule has 1 aliphatic rings. The van der Waals surface area contributed by atoms with Crippen LogP contribution in [0.2, 0.25) is 0 Å². The lowest BCUT2D eigenvalue weighted by Crippen LogP contribution is -2.31. The zero-order valence-electron chi connectivity index (χ0n) is 11.1. The molecular weight excluding hydrogens is 222 g/mol. The number of rotatable bonds is 4. The topological polar surface area (TPSA) is 27.6 Å². The normalized spacial score (nSPS) is 16.3. The molecule has 3 heteroatoms. The van der Waals surface area contributed by atoms with Crippen LogP contribution in [0.1, 0.15) is 31.9 Å². The van der Waals surface area contributed by atoms with Gasteiger partial charge in [0.25, 0.3) is 0 Å². The minimum Gasteiger partial charge on any atom is -0.363 e. The second kappa shape index (κ2) is 6.24. The summed E-state index contributed by atoms with van der Waals surface area (Å²) in [5.41, 5.74) is 1.31. The van der Waals surface area contributed by atoms with E-state index in [-0.39, 0.29) is 0 Å². The molecule has 96 valence electrons. The summed E-state index contributed by atoms with van der Waals surface area (Å²) >= 11 is 0. The molecule has 1 unspecified atom stereocenters. The lowest BCUT2D eigenvalue weighted by Gasteiger charge is -2.24. The Morgan fingerprint density at radius 1 is 1.28 bits per heavy atom. The first kappa shape index (κ1) is 12.7. The van der Waals surface area contributed by atoms with E-state index < -0.39 is 0 Å². The fourth-order valence-corrected chi connectivity index (χ4v) is 2.03. The van der Waals surface area contributed by atoms with Gasteiger partial charge in [-0.15, -0.1) is 0 Å². The van der Waals surface area contributed by atoms with Crippen molar-refractivity contribution in [1.82, 2.24) is 10.2 Å². The molecule has 3 nitrogen and oxygen atoms in total. The van der Waals surface area contributed by atoms with Crippen LogP contribution < -0.4 is 5.32 Å². The average molecular weight is 243 g/mol. The van der Waals surface area contributed by atoms with E-state index in [9.17, 15) is 0 Å². The lowest BCUT2D eigenvalue weighted by atomic mass is 10.0. The maximum Gasteiger partial charge on any atom is 0.124 e. The highest BCUT2D eigenvalue weighted by molar-refractivity contribution is 5.93. The Bertz CT molecular complexity index is 423. The molecule has 0 aromatic heterocycles. The minimum atomic E-state index is 0.336. The van der Waals surface area contributed by atoms with Gasteiger partial charge in [-0.2, -0.15) is 0 Å². The van der Waals surface area contributed by atoms with Crippen molar-refractivity contribution in [3.63, 3.8) is 0 Å². The van der Waals surface area contributed by atoms with Gasteiger partial charge >= 0.3 is 0 Å². The van der Waals surface area contributed by atoms with Crippen molar-refractivity contribution in [3.05, 3.63) is 48.2 Å². The number of amidine groups is 1. The summed E-state index contributed by atoms with van der Waals surface area (Å²) in [4.78, 5) is 6.71. The third-order valence-electron chi connectivity index (χ3n) is 3.20. The molecule has 0 amide bonds. The maximum atomic E-state index is 4.54. The van der Waals surface area contributed by atoms with Crippen LogP contribution in [0.5, 0.6) is 0 Å². The molecule has 0 aliphatic carbocycles. The molecule has 18 heavy (non-hydrogen) atoms. The molecule has 1 atom stereocenters. The molecule has 0 fully saturated rings. The van der Waals surface area contributed by atoms with Gasteiger partial charge in [0.15, 0.2) is 0 Å². The zero-order chi connectivity index (χ0) is 12.8. The number of benzene rings is 1. The first-order chi connectivity index (χ1) is 8.83. The Kier molecular flexibility index (Phi) is 4.40. The van der Waals surface area contributed by atoms with Crippen molar-refractivity contribution in [2.45, 2.75) is 26.3 Å². The van der Waals surface area contributed by atoms with Gasteiger partial charge in [0.1, 0.15) is 12.5 Å². The standard InChI is InChI=1S/C15H21N3/c1-3-14(13-8-6-5-7-9-13)17-15-10-11-18(4-2)12-16-15/h5-11,14H,3-4,12H2,1-2H3,(H,16,17). The SMILES string of the molecule is CCC(NC1=NCN(CC)C=C1)c1ccccc1. The van der Waals surface area contributed by atoms with Crippen LogP contribution >= 0.6 is 0 Å². The fraction of sp³-hybridized carbons (Fsp3) is 0.400. The van der Waals surface area contributed by atoms with Crippen LogP contribution in [-0.2, 0) is 0 Å². The van der Waals surface area contributed by atoms with Gasteiger partial charge in [-0.05, 0) is 25.0 Å². The summed E-state index contributed by atoms with van der Waals surface area (Å²) in [6.45, 7) is 6.08. The lowest BCUT2D eigenvalue weighted by molar-refractivity contribution is 0.404. The smallest absolute Gasteiger partial charge is 0.124 e. The van der Waals surface area contributed by atoms with Crippen LogP contribution in [0, 0.1) is 0 Å². The first-order valence-corrected chi connectivity index (χ1v) is 6.61. The second-order valence-electron chi connectivity index (χ2n) is 4.42. The van der Waals surface area contributed by atoms with E-state index in [0.717, 1.165) is 25.5 Å². The molecule has 0 saturated carbocycles. The van der Waals surface area contributed by atoms with Crippen LogP contribution in [0.3, 0.4) is 0 Å². The monoisotopic (exact) mass is 243 g/mol. The Morgan fingerprint density at radius 3 is 2.61 bits per heavy atom. The summed E-state index contributed by atoms with van der Waals surface area (Å²) in [5.74, 6) is 0.982. The molecule has 1 heterocycles. The van der Waals surface area contributed by atoms with Crippen molar-refractivity contribution >= 4 is 5.84 Å². The van der Waals surface area contributed by atoms with Crippen LogP contribution in [0.15, 0.2) is 47.6 Å². The summed E-state index contributed by atoms with van der Waals surface area (Å²) in [7, 11) is 0. The third-order valence-corrected chi connectivity index (χ3v) is 3.20. The van der Waals surface area contributed by atoms with Gasteiger partial charge in [0.05, 0.1) is 6.04 Å². The second-order valence-corrected chi connectivity index (χ2v) is 4.42. The minimum absolute atomic E-state index is 0.336. The van der Waals surface area contributed by atoms with Crippen LogP contribution in [-0.4, -0.2) is 23.9 Å². The molecule has 0 bridgehead atoms. The summed E-state index contributed by atoms with van der Waals surface area (Å²) in [6.07, 6.45) is 5.21. The van der Waals surface area contributed by atoms with E-state index >= 15 is 0 Å². The molecule has 0 saturated heterocycles. The number of nitrogens with zero attached hydrogens (tertiary/aromatic N) is 2. The van der Waals surface area contributed by atoms with E-state index in [2.05, 4.69) is 65.6 Å². The van der Waals surface area contributed by atoms with Gasteiger partial charge in [0, 0.05) is 12.7 Å². The molecule has 0 spiro atoms. The Balaban J connectivity index is 2.00. The van der Waals surface area contributed by atoms with E-state index in [0.29, 0.717) is 6.04 Å². The highest BCUT2D eigenvalue weighted by Gasteiger charge is 2.11. The van der Waals surface area contributed by atoms with Crippen molar-refractivity contribution in [1.29, 1.82) is 0 Å². The fourth-order valence-electron chi connectivity index (χ4n) is 2.03. The number of aliphatic imine (C=N–C) groups is 1. The summed E-state index contributed by atoms with van der Waals surface area (Å²) in [6, 6.07) is 10.9. The molecular formula is C15H21N3. The Hall–Kier alpha value is -1.77. The van der Waals surface area contributed by atoms with Gasteiger partial charge in [0.2, 0.25) is 0 Å². The van der Waals surface area contributed by atoms with E-state index in [1.807, 2.05) is 6.07 Å². The van der Waals surface area contributed by atoms with Crippen molar-refractivity contribution in [2.75, 3.05) is 13.2 Å². The highest BCUT2D eigenvalue weighted by atomic mass is 15.2. The predicted molar refractivity (Wildman–Crippen MR) is 76.4 cm³/mol. The predicted octanol–water partition coefficient (Wildman–Crippen LogP) is 2.93. The summed E-state index contributed by atoms with van der Waals surface area (Å²) in [5, 5.41) is 3.50. The van der Waals surface area contributed by atoms with Crippen molar-refractivity contribution in [2.24, 2.45) is 4.99 Å². The quantitative estimate of drug-likeness (QED) is 0.880. The zero-order valence-corrected chi connectivity index (χ0v) is 11.1. The number of hydrogen-bond acceptors (Lipinski definition) is 3. The number of nitrogens with one attached hydrogen (secondary N) is 1. The van der Waals surface area contributed by atoms with E-state index in [1.165, 1.54) is 5.56 Å². The number of hydrogen-bond donors (Lipinski definition) is 1. The van der Waals surface area contributed by atoms with E-state index in [1.54, 1.807) is 0 Å². The largest absolute Gasteiger partial charge is 0.363 e. The van der Waals surface area contributed by atoms with Gasteiger partial charge in [-0.25, -0.2) is 4.99 Å².